The van der Waals surface area contributed by atoms with Gasteiger partial charge in [-0.1, -0.05) is 75.6 Å². The van der Waals surface area contributed by atoms with Gasteiger partial charge < -0.3 is 9.74 Å². The Labute approximate surface area is 172 Å². The molecule has 2 aliphatic heterocycles. The van der Waals surface area contributed by atoms with E-state index in [2.05, 4.69) is 24.2 Å². The summed E-state index contributed by atoms with van der Waals surface area (Å²) in [4.78, 5) is 19.7. The maximum absolute atomic E-state index is 12.4. The molecule has 1 amide bonds. The number of fused-ring (bicyclic) bond motifs is 1. The van der Waals surface area contributed by atoms with Crippen molar-refractivity contribution < 1.29 is 9.63 Å². The molecule has 0 aromatic heterocycles. The quantitative estimate of drug-likeness (QED) is 0.245. The van der Waals surface area contributed by atoms with E-state index in [0.717, 1.165) is 25.9 Å². The topological polar surface area (TPSA) is 41.9 Å². The van der Waals surface area contributed by atoms with Gasteiger partial charge in [0.2, 0.25) is 5.91 Å². The number of piperidine rings is 1. The summed E-state index contributed by atoms with van der Waals surface area (Å²) < 4.78 is 0. The molecule has 0 bridgehead atoms. The molecule has 0 aromatic rings. The van der Waals surface area contributed by atoms with Crippen molar-refractivity contribution in [2.24, 2.45) is 11.1 Å². The van der Waals surface area contributed by atoms with E-state index < -0.39 is 0 Å². The molecular formula is C24H42N2O2. The summed E-state index contributed by atoms with van der Waals surface area (Å²) in [5.74, 6) is 0.628. The maximum Gasteiger partial charge on any atom is 0.222 e. The first-order valence-electron chi connectivity index (χ1n) is 11.9. The van der Waals surface area contributed by atoms with Gasteiger partial charge in [-0.25, -0.2) is 0 Å². The summed E-state index contributed by atoms with van der Waals surface area (Å²) in [6.07, 6.45) is 25.3. The van der Waals surface area contributed by atoms with Crippen molar-refractivity contribution in [3.8, 4) is 0 Å². The minimum absolute atomic E-state index is 0.212. The minimum atomic E-state index is 0.212. The van der Waals surface area contributed by atoms with Gasteiger partial charge in [-0.2, -0.15) is 0 Å². The smallest absolute Gasteiger partial charge is 0.222 e. The molecule has 2 rings (SSSR count). The van der Waals surface area contributed by atoms with Crippen LogP contribution in [0.15, 0.2) is 17.3 Å². The van der Waals surface area contributed by atoms with Crippen LogP contribution in [0.1, 0.15) is 103 Å². The van der Waals surface area contributed by atoms with E-state index in [1.165, 1.54) is 77.0 Å². The zero-order valence-electron chi connectivity index (χ0n) is 18.1. The van der Waals surface area contributed by atoms with Gasteiger partial charge in [0, 0.05) is 25.9 Å². The van der Waals surface area contributed by atoms with Crippen molar-refractivity contribution in [1.29, 1.82) is 0 Å². The van der Waals surface area contributed by atoms with Crippen LogP contribution in [0.5, 0.6) is 0 Å². The highest BCUT2D eigenvalue weighted by atomic mass is 16.6. The lowest BCUT2D eigenvalue weighted by atomic mass is 9.96. The Morgan fingerprint density at radius 3 is 2.36 bits per heavy atom. The Bertz CT molecular complexity index is 475. The number of hydrogen-bond acceptors (Lipinski definition) is 3. The van der Waals surface area contributed by atoms with E-state index in [0.29, 0.717) is 18.2 Å². The normalized spacial score (nSPS) is 21.2. The van der Waals surface area contributed by atoms with Crippen molar-refractivity contribution in [1.82, 2.24) is 4.90 Å². The highest BCUT2D eigenvalue weighted by Crippen LogP contribution is 2.24. The van der Waals surface area contributed by atoms with Crippen molar-refractivity contribution in [3.63, 3.8) is 0 Å². The number of amides is 1. The standard InChI is InChI=1S/C24H42N2O2/c1-2-3-4-5-6-7-8-9-10-11-12-13-14-15-16-17-24(27)26-19-18-23-22(21-26)20-25-28-23/h9-10,20,22-23H,2-8,11-19,21H2,1H3/b10-9+. The molecule has 28 heavy (non-hydrogen) atoms. The summed E-state index contributed by atoms with van der Waals surface area (Å²) in [7, 11) is 0. The summed E-state index contributed by atoms with van der Waals surface area (Å²) >= 11 is 0. The molecule has 0 spiro atoms. The second-order valence-corrected chi connectivity index (χ2v) is 8.52. The van der Waals surface area contributed by atoms with Crippen LogP contribution >= 0.6 is 0 Å². The molecule has 2 aliphatic rings. The molecular weight excluding hydrogens is 348 g/mol. The molecule has 0 aromatic carbocycles. The molecule has 1 fully saturated rings. The van der Waals surface area contributed by atoms with E-state index >= 15 is 0 Å². The average molecular weight is 391 g/mol. The SMILES string of the molecule is CCCCCCCC/C=C/CCCCCCCC(=O)N1CCC2ON=CC2C1. The van der Waals surface area contributed by atoms with E-state index in [-0.39, 0.29) is 6.10 Å². The Kier molecular flexibility index (Phi) is 12.0. The third-order valence-electron chi connectivity index (χ3n) is 6.05. The number of nitrogens with zero attached hydrogens (tertiary/aromatic N) is 2. The summed E-state index contributed by atoms with van der Waals surface area (Å²) in [5.41, 5.74) is 0. The fraction of sp³-hybridized carbons (Fsp3) is 0.833. The highest BCUT2D eigenvalue weighted by molar-refractivity contribution is 5.77. The van der Waals surface area contributed by atoms with E-state index in [9.17, 15) is 4.79 Å². The number of hydrogen-bond donors (Lipinski definition) is 0. The number of carbonyl (C=O) groups excluding carboxylic acids is 1. The number of rotatable bonds is 15. The van der Waals surface area contributed by atoms with E-state index in [1.807, 2.05) is 11.1 Å². The van der Waals surface area contributed by atoms with Crippen LogP contribution < -0.4 is 0 Å². The first kappa shape index (κ1) is 23.0. The molecule has 160 valence electrons. The Morgan fingerprint density at radius 2 is 1.64 bits per heavy atom. The van der Waals surface area contributed by atoms with Gasteiger partial charge in [-0.05, 0) is 32.1 Å². The molecule has 2 unspecified atom stereocenters. The molecule has 0 radical (unpaired) electrons. The number of unbranched alkanes of at least 4 members (excludes halogenated alkanes) is 11. The highest BCUT2D eigenvalue weighted by Gasteiger charge is 2.34. The second kappa shape index (κ2) is 14.6. The lowest BCUT2D eigenvalue weighted by Gasteiger charge is -2.32. The molecule has 4 heteroatoms. The number of carbonyl (C=O) groups is 1. The third-order valence-corrected chi connectivity index (χ3v) is 6.05. The lowest BCUT2D eigenvalue weighted by molar-refractivity contribution is -0.134. The van der Waals surface area contributed by atoms with Crippen molar-refractivity contribution in [2.45, 2.75) is 109 Å². The van der Waals surface area contributed by atoms with Gasteiger partial charge in [-0.3, -0.25) is 4.79 Å². The molecule has 2 heterocycles. The Hall–Kier alpha value is -1.32. The summed E-state index contributed by atoms with van der Waals surface area (Å²) in [5, 5.41) is 3.90. The average Bonchev–Trinajstić information content (AvgIpc) is 3.18. The van der Waals surface area contributed by atoms with Crippen LogP contribution in [0, 0.1) is 5.92 Å². The fourth-order valence-electron chi connectivity index (χ4n) is 4.16. The fourth-order valence-corrected chi connectivity index (χ4v) is 4.16. The van der Waals surface area contributed by atoms with Crippen LogP contribution in [-0.2, 0) is 9.63 Å². The zero-order valence-corrected chi connectivity index (χ0v) is 18.1. The van der Waals surface area contributed by atoms with Crippen LogP contribution in [0.2, 0.25) is 0 Å². The largest absolute Gasteiger partial charge is 0.392 e. The predicted molar refractivity (Wildman–Crippen MR) is 118 cm³/mol. The zero-order chi connectivity index (χ0) is 19.9. The molecule has 0 aliphatic carbocycles. The van der Waals surface area contributed by atoms with Gasteiger partial charge in [0.05, 0.1) is 12.1 Å². The van der Waals surface area contributed by atoms with Crippen LogP contribution in [-0.4, -0.2) is 36.2 Å². The molecule has 0 saturated carbocycles. The van der Waals surface area contributed by atoms with Gasteiger partial charge in [0.15, 0.2) is 0 Å². The third kappa shape index (κ3) is 9.25. The number of allylic oxidation sites excluding steroid dienone is 2. The minimum Gasteiger partial charge on any atom is -0.392 e. The van der Waals surface area contributed by atoms with Gasteiger partial charge >= 0.3 is 0 Å². The Balaban J connectivity index is 1.35. The van der Waals surface area contributed by atoms with Crippen molar-refractivity contribution in [3.05, 3.63) is 12.2 Å². The molecule has 1 saturated heterocycles. The van der Waals surface area contributed by atoms with E-state index in [4.69, 9.17) is 4.84 Å². The summed E-state index contributed by atoms with van der Waals surface area (Å²) in [6, 6.07) is 0. The molecule has 4 nitrogen and oxygen atoms in total. The van der Waals surface area contributed by atoms with Gasteiger partial charge in [-0.15, -0.1) is 0 Å². The molecule has 0 N–H and O–H groups in total. The predicted octanol–water partition coefficient (Wildman–Crippen LogP) is 6.26. The van der Waals surface area contributed by atoms with E-state index in [1.54, 1.807) is 0 Å². The van der Waals surface area contributed by atoms with Crippen molar-refractivity contribution in [2.75, 3.05) is 13.1 Å². The van der Waals surface area contributed by atoms with Gasteiger partial charge in [0.25, 0.3) is 0 Å². The first-order valence-corrected chi connectivity index (χ1v) is 11.9. The maximum atomic E-state index is 12.4. The summed E-state index contributed by atoms with van der Waals surface area (Å²) in [6.45, 7) is 3.89. The van der Waals surface area contributed by atoms with Crippen molar-refractivity contribution >= 4 is 12.1 Å². The number of likely N-dealkylation sites (tertiary alicyclic amines) is 1. The Morgan fingerprint density at radius 1 is 1.00 bits per heavy atom. The van der Waals surface area contributed by atoms with Crippen LogP contribution in [0.3, 0.4) is 0 Å². The van der Waals surface area contributed by atoms with Crippen LogP contribution in [0.4, 0.5) is 0 Å². The van der Waals surface area contributed by atoms with Crippen LogP contribution in [0.25, 0.3) is 0 Å². The molecule has 2 atom stereocenters. The second-order valence-electron chi connectivity index (χ2n) is 8.52. The first-order chi connectivity index (χ1) is 13.8. The van der Waals surface area contributed by atoms with Gasteiger partial charge in [0.1, 0.15) is 6.10 Å². The number of oxime groups is 1. The lowest BCUT2D eigenvalue weighted by Crippen LogP contribution is -2.45. The monoisotopic (exact) mass is 390 g/mol.